The minimum atomic E-state index is -1.12. The van der Waals surface area contributed by atoms with Crippen LogP contribution in [0.1, 0.15) is 13.8 Å². The lowest BCUT2D eigenvalue weighted by atomic mass is 10.1. The highest BCUT2D eigenvalue weighted by Gasteiger charge is 2.14. The van der Waals surface area contributed by atoms with Crippen molar-refractivity contribution >= 4 is 5.97 Å². The summed E-state index contributed by atoms with van der Waals surface area (Å²) < 4.78 is 13.4. The maximum Gasteiger partial charge on any atom is 0.320 e. The van der Waals surface area contributed by atoms with Crippen LogP contribution in [0.15, 0.2) is 0 Å². The van der Waals surface area contributed by atoms with Gasteiger partial charge in [-0.3, -0.25) is 4.79 Å². The van der Waals surface area contributed by atoms with Gasteiger partial charge in [0, 0.05) is 0 Å². The van der Waals surface area contributed by atoms with Gasteiger partial charge >= 0.3 is 5.97 Å². The molecule has 1 atom stereocenters. The smallest absolute Gasteiger partial charge is 0.320 e. The Morgan fingerprint density at radius 1 is 1.88 bits per heavy atom. The number of aliphatic carboxylic acids is 1. The Labute approximate surface area is 51.4 Å². The summed E-state index contributed by atoms with van der Waals surface area (Å²) in [7, 11) is 0. The van der Waals surface area contributed by atoms with Crippen molar-refractivity contribution < 1.29 is 12.7 Å². The average molecular weight is 119 g/mol. The normalized spacial score (nSPS) is 18.0. The van der Waals surface area contributed by atoms with Gasteiger partial charge in [-0.1, -0.05) is 13.8 Å². The monoisotopic (exact) mass is 119 g/mol. The molecule has 0 fully saturated rings. The van der Waals surface area contributed by atoms with Crippen LogP contribution >= 0.6 is 0 Å². The van der Waals surface area contributed by atoms with E-state index in [0.29, 0.717) is 0 Å². The van der Waals surface area contributed by atoms with E-state index in [2.05, 4.69) is 0 Å². The lowest BCUT2D eigenvalue weighted by molar-refractivity contribution is -0.139. The Bertz CT molecular complexity index is 119. The Kier molecular flexibility index (Phi) is 1.44. The summed E-state index contributed by atoms with van der Waals surface area (Å²) in [6.45, 7) is 3.32. The molecule has 0 amide bonds. The molecule has 0 heterocycles. The zero-order valence-electron chi connectivity index (χ0n) is 6.96. The molecule has 0 saturated carbocycles. The Morgan fingerprint density at radius 3 is 2.38 bits per heavy atom. The van der Waals surface area contributed by atoms with Crippen LogP contribution in [0.25, 0.3) is 0 Å². The zero-order chi connectivity index (χ0) is 8.31. The molecule has 0 unspecified atom stereocenters. The van der Waals surface area contributed by atoms with Crippen LogP contribution in [0.2, 0.25) is 2.82 Å². The van der Waals surface area contributed by atoms with E-state index in [-0.39, 0.29) is 11.6 Å². The van der Waals surface area contributed by atoms with Gasteiger partial charge in [0.25, 0.3) is 0 Å². The van der Waals surface area contributed by atoms with Gasteiger partial charge < -0.3 is 10.8 Å². The molecule has 3 nitrogen and oxygen atoms in total. The van der Waals surface area contributed by atoms with Gasteiger partial charge in [-0.05, 0) is 5.92 Å². The number of carboxylic acid groups (broad SMARTS) is 1. The SMILES string of the molecule is [2H]N([2H])[C@H](C(=O)O)C(C)C. The van der Waals surface area contributed by atoms with Gasteiger partial charge in [-0.25, -0.2) is 0 Å². The highest BCUT2D eigenvalue weighted by molar-refractivity contribution is 5.73. The summed E-state index contributed by atoms with van der Waals surface area (Å²) in [6.07, 6.45) is 0. The molecule has 0 radical (unpaired) electrons. The molecule has 0 saturated heterocycles. The maximum absolute atomic E-state index is 10.3. The molecule has 3 heteroatoms. The van der Waals surface area contributed by atoms with E-state index in [0.717, 1.165) is 0 Å². The van der Waals surface area contributed by atoms with Crippen molar-refractivity contribution in [2.24, 2.45) is 11.6 Å². The van der Waals surface area contributed by atoms with Crippen LogP contribution in [0.5, 0.6) is 0 Å². The van der Waals surface area contributed by atoms with Gasteiger partial charge in [-0.2, -0.15) is 0 Å². The summed E-state index contributed by atoms with van der Waals surface area (Å²) in [6, 6.07) is -1.03. The number of hydrogen-bond acceptors (Lipinski definition) is 2. The second-order valence-corrected chi connectivity index (χ2v) is 2.03. The maximum atomic E-state index is 10.3. The van der Waals surface area contributed by atoms with E-state index < -0.39 is 12.0 Å². The van der Waals surface area contributed by atoms with Crippen molar-refractivity contribution in [2.45, 2.75) is 19.9 Å². The number of hydrogen-bond donors (Lipinski definition) is 2. The lowest BCUT2D eigenvalue weighted by Gasteiger charge is -2.07. The average Bonchev–Trinajstić information content (AvgIpc) is 1.59. The minimum absolute atomic E-state index is 0.215. The number of rotatable bonds is 3. The molecule has 0 aliphatic rings. The highest BCUT2D eigenvalue weighted by Crippen LogP contribution is 1.96. The number of carbonyl (C=O) groups is 1. The molecule has 0 spiro atoms. The van der Waals surface area contributed by atoms with Gasteiger partial charge in [0.15, 0.2) is 0 Å². The van der Waals surface area contributed by atoms with Crippen LogP contribution in [0, 0.1) is 5.92 Å². The lowest BCUT2D eigenvalue weighted by Crippen LogP contribution is -2.34. The first-order valence-electron chi connectivity index (χ1n) is 3.36. The molecule has 0 aromatic rings. The van der Waals surface area contributed by atoms with Crippen molar-refractivity contribution in [3.63, 3.8) is 0 Å². The first-order valence-corrected chi connectivity index (χ1v) is 2.46. The predicted molar refractivity (Wildman–Crippen MR) is 30.4 cm³/mol. The molecule has 0 bridgehead atoms. The first kappa shape index (κ1) is 4.32. The molecular formula is C5H11NO2. The number of carboxylic acids is 1. The largest absolute Gasteiger partial charge is 0.480 e. The van der Waals surface area contributed by atoms with Crippen LogP contribution in [-0.2, 0) is 4.79 Å². The fourth-order valence-corrected chi connectivity index (χ4v) is 0.285. The van der Waals surface area contributed by atoms with Gasteiger partial charge in [-0.15, -0.1) is 0 Å². The summed E-state index contributed by atoms with van der Waals surface area (Å²) >= 11 is 0. The van der Waals surface area contributed by atoms with Crippen LogP contribution in [0.4, 0.5) is 0 Å². The van der Waals surface area contributed by atoms with E-state index in [9.17, 15) is 4.79 Å². The van der Waals surface area contributed by atoms with E-state index in [1.807, 2.05) is 0 Å². The Hall–Kier alpha value is -0.570. The topological polar surface area (TPSA) is 63.3 Å². The van der Waals surface area contributed by atoms with Crippen LogP contribution in [0.3, 0.4) is 0 Å². The summed E-state index contributed by atoms with van der Waals surface area (Å²) in [4.78, 5) is 10.3. The predicted octanol–water partition coefficient (Wildman–Crippen LogP) is 0.0543. The van der Waals surface area contributed by atoms with Crippen molar-refractivity contribution in [1.29, 1.82) is 0 Å². The van der Waals surface area contributed by atoms with Gasteiger partial charge in [0.05, 0.1) is 0 Å². The Morgan fingerprint density at radius 2 is 2.38 bits per heavy atom. The fourth-order valence-electron chi connectivity index (χ4n) is 0.285. The third-order valence-corrected chi connectivity index (χ3v) is 0.884. The zero-order valence-corrected chi connectivity index (χ0v) is 4.96. The number of nitrogens with two attached hydrogens (primary N) is 1. The standard InChI is InChI=1S/C5H11NO2/c1-3(2)4(6)5(7)8/h3-4H,6H2,1-2H3,(H,7,8)/t4-/m0/s1/i/hD2. The van der Waals surface area contributed by atoms with Crippen molar-refractivity contribution in [2.75, 3.05) is 0 Å². The van der Waals surface area contributed by atoms with Crippen LogP contribution in [-0.4, -0.2) is 17.1 Å². The molecule has 0 aliphatic carbocycles. The second-order valence-electron chi connectivity index (χ2n) is 2.03. The van der Waals surface area contributed by atoms with Crippen LogP contribution < -0.4 is 5.72 Å². The third-order valence-electron chi connectivity index (χ3n) is 0.884. The highest BCUT2D eigenvalue weighted by atomic mass is 16.4. The van der Waals surface area contributed by atoms with E-state index >= 15 is 0 Å². The molecule has 8 heavy (non-hydrogen) atoms. The molecule has 48 valence electrons. The molecular weight excluding hydrogens is 106 g/mol. The molecule has 0 aromatic heterocycles. The fraction of sp³-hybridized carbons (Fsp3) is 0.800. The van der Waals surface area contributed by atoms with Gasteiger partial charge in [0.2, 0.25) is 0 Å². The quantitative estimate of drug-likeness (QED) is 0.552. The molecule has 3 N–H and O–H groups in total. The Balaban J connectivity index is 4.12. The van der Waals surface area contributed by atoms with E-state index in [1.54, 1.807) is 13.8 Å². The van der Waals surface area contributed by atoms with Gasteiger partial charge in [0.1, 0.15) is 8.87 Å². The first-order chi connectivity index (χ1) is 4.46. The molecule has 0 aliphatic heterocycles. The molecule has 0 aromatic carbocycles. The minimum Gasteiger partial charge on any atom is -0.480 e. The summed E-state index contributed by atoms with van der Waals surface area (Å²) in [5.74, 6) is -1.34. The van der Waals surface area contributed by atoms with E-state index in [1.165, 1.54) is 0 Å². The van der Waals surface area contributed by atoms with Crippen molar-refractivity contribution in [3.8, 4) is 0 Å². The molecule has 0 rings (SSSR count). The third kappa shape index (κ3) is 1.93. The second kappa shape index (κ2) is 2.67. The van der Waals surface area contributed by atoms with E-state index in [4.69, 9.17) is 7.93 Å². The van der Waals surface area contributed by atoms with Crippen molar-refractivity contribution in [1.82, 2.24) is 0 Å². The van der Waals surface area contributed by atoms with Crippen molar-refractivity contribution in [3.05, 3.63) is 0 Å². The summed E-state index contributed by atoms with van der Waals surface area (Å²) in [5, 5.41) is 8.43. The summed E-state index contributed by atoms with van der Waals surface area (Å²) in [5.41, 5.74) is 0.215.